The second kappa shape index (κ2) is 11.0. The fraction of sp³-hybridized carbons (Fsp3) is 0.192. The van der Waals surface area contributed by atoms with E-state index in [2.05, 4.69) is 10.6 Å². The number of hydrogen-bond donors (Lipinski definition) is 3. The molecule has 1 unspecified atom stereocenters. The maximum Gasteiger partial charge on any atom is 0.323 e. The van der Waals surface area contributed by atoms with Crippen molar-refractivity contribution in [3.05, 3.63) is 101 Å². The van der Waals surface area contributed by atoms with Crippen molar-refractivity contribution in [1.82, 2.24) is 15.1 Å². The second-order valence-corrected chi connectivity index (χ2v) is 8.25. The molecule has 0 spiro atoms. The minimum Gasteiger partial charge on any atom is -0.349 e. The van der Waals surface area contributed by atoms with Gasteiger partial charge in [0, 0.05) is 37.4 Å². The third kappa shape index (κ3) is 5.66. The summed E-state index contributed by atoms with van der Waals surface area (Å²) >= 11 is 0. The van der Waals surface area contributed by atoms with Gasteiger partial charge in [-0.15, -0.1) is 0 Å². The highest BCUT2D eigenvalue weighted by atomic mass is 19.1. The molecule has 3 aromatic carbocycles. The van der Waals surface area contributed by atoms with E-state index in [0.29, 0.717) is 12.2 Å². The van der Waals surface area contributed by atoms with Gasteiger partial charge in [-0.05, 0) is 53.6 Å². The molecule has 4 rings (SSSR count). The van der Waals surface area contributed by atoms with Gasteiger partial charge < -0.3 is 21.3 Å². The largest absolute Gasteiger partial charge is 0.349 e. The maximum absolute atomic E-state index is 13.8. The molecule has 0 bridgehead atoms. The Bertz CT molecular complexity index is 1270. The van der Waals surface area contributed by atoms with Gasteiger partial charge in [0.1, 0.15) is 11.6 Å². The summed E-state index contributed by atoms with van der Waals surface area (Å²) in [6.07, 6.45) is -1.28. The summed E-state index contributed by atoms with van der Waals surface area (Å²) in [5, 5.41) is 5.40. The molecule has 1 saturated heterocycles. The van der Waals surface area contributed by atoms with Crippen molar-refractivity contribution in [2.45, 2.75) is 19.3 Å². The standard InChI is InChI=1S/C26H25F2N5O3/c27-20-7-9-22(10-8-20)31-26(36)33-12-11-32(25(35)19-5-2-6-21(28)14-19)24(33)23(34)30-16-18-4-1-3-17(13-18)15-29/h1-10,13-14,24H,11-12,15-16,29H2,(H,30,34)(H,31,36). The molecule has 0 saturated carbocycles. The third-order valence-corrected chi connectivity index (χ3v) is 5.79. The van der Waals surface area contributed by atoms with Crippen LogP contribution in [0.25, 0.3) is 0 Å². The smallest absolute Gasteiger partial charge is 0.323 e. The van der Waals surface area contributed by atoms with Crippen molar-refractivity contribution in [3.8, 4) is 0 Å². The fourth-order valence-electron chi connectivity index (χ4n) is 4.00. The topological polar surface area (TPSA) is 108 Å². The van der Waals surface area contributed by atoms with Crippen LogP contribution in [0.5, 0.6) is 0 Å². The lowest BCUT2D eigenvalue weighted by molar-refractivity contribution is -0.128. The zero-order valence-corrected chi connectivity index (χ0v) is 19.3. The van der Waals surface area contributed by atoms with E-state index in [1.54, 1.807) is 0 Å². The first-order valence-electron chi connectivity index (χ1n) is 11.3. The summed E-state index contributed by atoms with van der Waals surface area (Å²) in [5.74, 6) is -2.22. The van der Waals surface area contributed by atoms with E-state index in [1.165, 1.54) is 52.3 Å². The summed E-state index contributed by atoms with van der Waals surface area (Å²) in [6, 6.07) is 17.0. The Morgan fingerprint density at radius 3 is 2.28 bits per heavy atom. The number of nitrogens with zero attached hydrogens (tertiary/aromatic N) is 2. The van der Waals surface area contributed by atoms with Crippen LogP contribution in [0, 0.1) is 11.6 Å². The Labute approximate surface area is 206 Å². The van der Waals surface area contributed by atoms with Crippen molar-refractivity contribution in [1.29, 1.82) is 0 Å². The van der Waals surface area contributed by atoms with E-state index in [4.69, 9.17) is 5.73 Å². The predicted octanol–water partition coefficient (Wildman–Crippen LogP) is 3.06. The summed E-state index contributed by atoms with van der Waals surface area (Å²) in [4.78, 5) is 42.0. The van der Waals surface area contributed by atoms with Gasteiger partial charge in [0.25, 0.3) is 11.8 Å². The summed E-state index contributed by atoms with van der Waals surface area (Å²) in [5.41, 5.74) is 7.77. The Kier molecular flexibility index (Phi) is 7.55. The lowest BCUT2D eigenvalue weighted by atomic mass is 10.1. The lowest BCUT2D eigenvalue weighted by Gasteiger charge is -2.29. The van der Waals surface area contributed by atoms with Crippen molar-refractivity contribution in [3.63, 3.8) is 0 Å². The summed E-state index contributed by atoms with van der Waals surface area (Å²) < 4.78 is 27.0. The maximum atomic E-state index is 13.8. The Balaban J connectivity index is 1.56. The third-order valence-electron chi connectivity index (χ3n) is 5.79. The number of amides is 4. The zero-order chi connectivity index (χ0) is 25.7. The van der Waals surface area contributed by atoms with Gasteiger partial charge in [0.2, 0.25) is 0 Å². The molecule has 0 aliphatic carbocycles. The van der Waals surface area contributed by atoms with E-state index in [-0.39, 0.29) is 25.2 Å². The highest BCUT2D eigenvalue weighted by Gasteiger charge is 2.43. The lowest BCUT2D eigenvalue weighted by Crippen LogP contribution is -2.54. The molecule has 0 aromatic heterocycles. The molecule has 4 amide bonds. The van der Waals surface area contributed by atoms with Crippen LogP contribution < -0.4 is 16.4 Å². The normalized spacial score (nSPS) is 15.0. The van der Waals surface area contributed by atoms with Crippen LogP contribution in [-0.4, -0.2) is 46.9 Å². The summed E-state index contributed by atoms with van der Waals surface area (Å²) in [6.45, 7) is 0.623. The minimum atomic E-state index is -1.28. The molecular formula is C26H25F2N5O3. The van der Waals surface area contributed by atoms with Crippen LogP contribution in [0.15, 0.2) is 72.8 Å². The van der Waals surface area contributed by atoms with Gasteiger partial charge in [-0.2, -0.15) is 0 Å². The average Bonchev–Trinajstić information content (AvgIpc) is 3.34. The van der Waals surface area contributed by atoms with Crippen LogP contribution in [0.4, 0.5) is 19.3 Å². The minimum absolute atomic E-state index is 0.0595. The van der Waals surface area contributed by atoms with Gasteiger partial charge in [0.15, 0.2) is 6.17 Å². The van der Waals surface area contributed by atoms with Gasteiger partial charge >= 0.3 is 6.03 Å². The Morgan fingerprint density at radius 1 is 0.861 bits per heavy atom. The highest BCUT2D eigenvalue weighted by molar-refractivity contribution is 6.00. The van der Waals surface area contributed by atoms with Crippen LogP contribution in [-0.2, 0) is 17.9 Å². The number of carbonyl (C=O) groups excluding carboxylic acids is 3. The molecule has 1 atom stereocenters. The van der Waals surface area contributed by atoms with Gasteiger partial charge in [-0.3, -0.25) is 14.5 Å². The molecule has 1 heterocycles. The number of halogens is 2. The zero-order valence-electron chi connectivity index (χ0n) is 19.3. The Morgan fingerprint density at radius 2 is 1.56 bits per heavy atom. The number of benzene rings is 3. The van der Waals surface area contributed by atoms with Gasteiger partial charge in [-0.25, -0.2) is 13.6 Å². The highest BCUT2D eigenvalue weighted by Crippen LogP contribution is 2.21. The molecule has 1 aliphatic heterocycles. The van der Waals surface area contributed by atoms with Gasteiger partial charge in [-0.1, -0.05) is 30.3 Å². The number of hydrogen-bond acceptors (Lipinski definition) is 4. The van der Waals surface area contributed by atoms with Crippen molar-refractivity contribution >= 4 is 23.5 Å². The monoisotopic (exact) mass is 493 g/mol. The molecule has 0 radical (unpaired) electrons. The van der Waals surface area contributed by atoms with Gasteiger partial charge in [0.05, 0.1) is 0 Å². The molecule has 36 heavy (non-hydrogen) atoms. The number of urea groups is 1. The fourth-order valence-corrected chi connectivity index (χ4v) is 4.00. The molecular weight excluding hydrogens is 468 g/mol. The van der Waals surface area contributed by atoms with Crippen LogP contribution in [0.2, 0.25) is 0 Å². The number of anilines is 1. The molecule has 186 valence electrons. The van der Waals surface area contributed by atoms with Crippen LogP contribution >= 0.6 is 0 Å². The van der Waals surface area contributed by atoms with Crippen molar-refractivity contribution in [2.24, 2.45) is 5.73 Å². The number of nitrogens with two attached hydrogens (primary N) is 1. The first kappa shape index (κ1) is 24.8. The molecule has 3 aromatic rings. The van der Waals surface area contributed by atoms with E-state index in [0.717, 1.165) is 17.2 Å². The van der Waals surface area contributed by atoms with E-state index in [9.17, 15) is 23.2 Å². The molecule has 1 fully saturated rings. The van der Waals surface area contributed by atoms with E-state index >= 15 is 0 Å². The molecule has 4 N–H and O–H groups in total. The first-order chi connectivity index (χ1) is 17.4. The SMILES string of the molecule is NCc1cccc(CNC(=O)C2N(C(=O)Nc3ccc(F)cc3)CCN2C(=O)c2cccc(F)c2)c1. The summed E-state index contributed by atoms with van der Waals surface area (Å²) in [7, 11) is 0. The second-order valence-electron chi connectivity index (χ2n) is 8.25. The molecule has 10 heteroatoms. The quantitative estimate of drug-likeness (QED) is 0.491. The van der Waals surface area contributed by atoms with Crippen LogP contribution in [0.1, 0.15) is 21.5 Å². The average molecular weight is 494 g/mol. The molecule has 8 nitrogen and oxygen atoms in total. The predicted molar refractivity (Wildman–Crippen MR) is 130 cm³/mol. The Hall–Kier alpha value is -4.31. The van der Waals surface area contributed by atoms with E-state index in [1.807, 2.05) is 24.3 Å². The number of rotatable bonds is 6. The van der Waals surface area contributed by atoms with E-state index < -0.39 is 35.6 Å². The van der Waals surface area contributed by atoms with Crippen molar-refractivity contribution < 1.29 is 23.2 Å². The van der Waals surface area contributed by atoms with Crippen molar-refractivity contribution in [2.75, 3.05) is 18.4 Å². The number of nitrogens with one attached hydrogen (secondary N) is 2. The van der Waals surface area contributed by atoms with Crippen LogP contribution in [0.3, 0.4) is 0 Å². The first-order valence-corrected chi connectivity index (χ1v) is 11.3. The molecule has 1 aliphatic rings. The number of carbonyl (C=O) groups is 3.